The van der Waals surface area contributed by atoms with Crippen LogP contribution in [0.4, 0.5) is 0 Å². The van der Waals surface area contributed by atoms with Crippen LogP contribution in [0.1, 0.15) is 61.3 Å². The lowest BCUT2D eigenvalue weighted by molar-refractivity contribution is 0.0753. The predicted molar refractivity (Wildman–Crippen MR) is 111 cm³/mol. The number of aryl methyl sites for hydroxylation is 2. The zero-order chi connectivity index (χ0) is 20.0. The lowest BCUT2D eigenvalue weighted by Gasteiger charge is -2.37. The second-order valence-corrected chi connectivity index (χ2v) is 8.63. The first kappa shape index (κ1) is 18.3. The summed E-state index contributed by atoms with van der Waals surface area (Å²) in [5.41, 5.74) is 1.66. The Morgan fingerprint density at radius 2 is 2.00 bits per heavy atom. The van der Waals surface area contributed by atoms with E-state index in [9.17, 15) is 4.79 Å². The molecule has 3 aromatic rings. The number of fused-ring (bicyclic) bond motifs is 1. The number of carbonyl (C=O) groups excluding carboxylic acids is 1. The molecule has 2 fully saturated rings. The van der Waals surface area contributed by atoms with Crippen molar-refractivity contribution >= 4 is 16.8 Å². The molecule has 29 heavy (non-hydrogen) atoms. The van der Waals surface area contributed by atoms with E-state index in [2.05, 4.69) is 26.8 Å². The van der Waals surface area contributed by atoms with Gasteiger partial charge in [-0.05, 0) is 31.2 Å². The molecule has 2 aliphatic rings. The summed E-state index contributed by atoms with van der Waals surface area (Å²) in [5.74, 6) is 1.32. The molecule has 0 N–H and O–H groups in total. The van der Waals surface area contributed by atoms with Crippen LogP contribution in [0.3, 0.4) is 0 Å². The molecule has 1 aliphatic carbocycles. The van der Waals surface area contributed by atoms with Crippen molar-refractivity contribution in [1.29, 1.82) is 0 Å². The highest BCUT2D eigenvalue weighted by Gasteiger charge is 2.51. The number of para-hydroxylation sites is 1. The van der Waals surface area contributed by atoms with E-state index in [1.807, 2.05) is 42.5 Å². The van der Waals surface area contributed by atoms with Gasteiger partial charge >= 0.3 is 0 Å². The van der Waals surface area contributed by atoms with Crippen LogP contribution in [0.15, 0.2) is 30.6 Å². The van der Waals surface area contributed by atoms with E-state index in [0.29, 0.717) is 12.2 Å². The number of aromatic nitrogens is 5. The van der Waals surface area contributed by atoms with Gasteiger partial charge in [0.05, 0.1) is 5.52 Å². The van der Waals surface area contributed by atoms with Crippen LogP contribution in [0.2, 0.25) is 0 Å². The van der Waals surface area contributed by atoms with Crippen LogP contribution < -0.4 is 0 Å². The first-order chi connectivity index (χ1) is 14.1. The third-order valence-electron chi connectivity index (χ3n) is 7.04. The van der Waals surface area contributed by atoms with Crippen LogP contribution in [-0.4, -0.2) is 48.4 Å². The van der Waals surface area contributed by atoms with Gasteiger partial charge in [0, 0.05) is 38.0 Å². The highest BCUT2D eigenvalue weighted by Crippen LogP contribution is 2.51. The average molecular weight is 393 g/mol. The molecule has 7 heteroatoms. The third-order valence-corrected chi connectivity index (χ3v) is 7.04. The van der Waals surface area contributed by atoms with Gasteiger partial charge in [-0.15, -0.1) is 10.2 Å². The highest BCUT2D eigenvalue weighted by molar-refractivity contribution is 6.05. The molecular formula is C22H28N6O. The van der Waals surface area contributed by atoms with E-state index in [0.717, 1.165) is 42.7 Å². The molecule has 7 nitrogen and oxygen atoms in total. The summed E-state index contributed by atoms with van der Waals surface area (Å²) in [6.07, 6.45) is 7.87. The fraction of sp³-hybridized carbons (Fsp3) is 0.545. The number of hydrogen-bond donors (Lipinski definition) is 0. The third kappa shape index (κ3) is 2.86. The molecule has 1 aliphatic heterocycles. The molecule has 1 unspecified atom stereocenters. The van der Waals surface area contributed by atoms with Crippen molar-refractivity contribution in [1.82, 2.24) is 29.4 Å². The van der Waals surface area contributed by atoms with Crippen LogP contribution in [0.5, 0.6) is 0 Å². The Bertz CT molecular complexity index is 1040. The van der Waals surface area contributed by atoms with E-state index in [1.165, 1.54) is 19.3 Å². The summed E-state index contributed by atoms with van der Waals surface area (Å²) >= 11 is 0. The quantitative estimate of drug-likeness (QED) is 0.685. The zero-order valence-corrected chi connectivity index (χ0v) is 17.2. The topological polar surface area (TPSA) is 68.8 Å². The molecule has 5 rings (SSSR count). The van der Waals surface area contributed by atoms with E-state index < -0.39 is 0 Å². The molecule has 0 bridgehead atoms. The van der Waals surface area contributed by atoms with Gasteiger partial charge in [-0.2, -0.15) is 5.10 Å². The zero-order valence-electron chi connectivity index (χ0n) is 17.2. The van der Waals surface area contributed by atoms with E-state index in [-0.39, 0.29) is 17.2 Å². The minimum Gasteiger partial charge on any atom is -0.336 e. The maximum absolute atomic E-state index is 13.6. The molecule has 1 spiro atoms. The summed E-state index contributed by atoms with van der Waals surface area (Å²) in [4.78, 5) is 15.6. The SMILES string of the molecule is CCn1cnnc1C1CN(C(=O)c2nn(C)c3ccccc23)CC12CCCCC2. The lowest BCUT2D eigenvalue weighted by atomic mass is 9.67. The van der Waals surface area contributed by atoms with Crippen LogP contribution in [0, 0.1) is 5.41 Å². The van der Waals surface area contributed by atoms with Gasteiger partial charge in [-0.3, -0.25) is 9.48 Å². The van der Waals surface area contributed by atoms with Gasteiger partial charge in [-0.1, -0.05) is 37.5 Å². The first-order valence-electron chi connectivity index (χ1n) is 10.7. The van der Waals surface area contributed by atoms with Gasteiger partial charge in [0.2, 0.25) is 0 Å². The monoisotopic (exact) mass is 392 g/mol. The Hall–Kier alpha value is -2.70. The molecule has 1 amide bonds. The second-order valence-electron chi connectivity index (χ2n) is 8.63. The predicted octanol–water partition coefficient (Wildman–Crippen LogP) is 3.37. The Morgan fingerprint density at radius 3 is 2.79 bits per heavy atom. The van der Waals surface area contributed by atoms with Gasteiger partial charge in [0.15, 0.2) is 5.69 Å². The fourth-order valence-corrected chi connectivity index (χ4v) is 5.54. The van der Waals surface area contributed by atoms with Crippen molar-refractivity contribution in [2.24, 2.45) is 12.5 Å². The van der Waals surface area contributed by atoms with Gasteiger partial charge in [0.25, 0.3) is 5.91 Å². The summed E-state index contributed by atoms with van der Waals surface area (Å²) < 4.78 is 3.95. The number of nitrogens with zero attached hydrogens (tertiary/aromatic N) is 6. The Kier molecular flexibility index (Phi) is 4.41. The van der Waals surface area contributed by atoms with E-state index >= 15 is 0 Å². The van der Waals surface area contributed by atoms with Gasteiger partial charge in [0.1, 0.15) is 12.2 Å². The first-order valence-corrected chi connectivity index (χ1v) is 10.7. The largest absolute Gasteiger partial charge is 0.336 e. The van der Waals surface area contributed by atoms with Crippen molar-refractivity contribution < 1.29 is 4.79 Å². The number of amides is 1. The minimum absolute atomic E-state index is 0.0387. The van der Waals surface area contributed by atoms with Crippen molar-refractivity contribution in [3.8, 4) is 0 Å². The maximum atomic E-state index is 13.6. The lowest BCUT2D eigenvalue weighted by Crippen LogP contribution is -2.34. The summed E-state index contributed by atoms with van der Waals surface area (Å²) in [6.45, 7) is 4.46. The summed E-state index contributed by atoms with van der Waals surface area (Å²) in [6, 6.07) is 7.96. The molecule has 1 aromatic carbocycles. The van der Waals surface area contributed by atoms with Crippen LogP contribution in [-0.2, 0) is 13.6 Å². The number of benzene rings is 1. The molecule has 3 heterocycles. The molecular weight excluding hydrogens is 364 g/mol. The Morgan fingerprint density at radius 1 is 1.21 bits per heavy atom. The maximum Gasteiger partial charge on any atom is 0.275 e. The molecule has 1 saturated heterocycles. The normalized spacial score (nSPS) is 21.3. The number of carbonyl (C=O) groups is 1. The second kappa shape index (κ2) is 6.97. The Labute approximate surface area is 170 Å². The molecule has 1 atom stereocenters. The number of hydrogen-bond acceptors (Lipinski definition) is 4. The van der Waals surface area contributed by atoms with Crippen molar-refractivity contribution in [3.05, 3.63) is 42.1 Å². The van der Waals surface area contributed by atoms with Crippen LogP contribution in [0.25, 0.3) is 10.9 Å². The van der Waals surface area contributed by atoms with Gasteiger partial charge in [-0.25, -0.2) is 0 Å². The van der Waals surface area contributed by atoms with Gasteiger partial charge < -0.3 is 9.47 Å². The molecule has 0 radical (unpaired) electrons. The summed E-state index contributed by atoms with van der Waals surface area (Å²) in [7, 11) is 1.90. The van der Waals surface area contributed by atoms with Crippen molar-refractivity contribution in [2.45, 2.75) is 51.5 Å². The molecule has 1 saturated carbocycles. The minimum atomic E-state index is 0.0387. The van der Waals surface area contributed by atoms with Crippen LogP contribution >= 0.6 is 0 Å². The molecule has 2 aromatic heterocycles. The highest BCUT2D eigenvalue weighted by atomic mass is 16.2. The Balaban J connectivity index is 1.52. The van der Waals surface area contributed by atoms with E-state index in [1.54, 1.807) is 4.68 Å². The smallest absolute Gasteiger partial charge is 0.275 e. The van der Waals surface area contributed by atoms with Crippen molar-refractivity contribution in [2.75, 3.05) is 13.1 Å². The van der Waals surface area contributed by atoms with Crippen molar-refractivity contribution in [3.63, 3.8) is 0 Å². The summed E-state index contributed by atoms with van der Waals surface area (Å²) in [5, 5.41) is 14.2. The molecule has 152 valence electrons. The number of likely N-dealkylation sites (tertiary alicyclic amines) is 1. The number of rotatable bonds is 3. The fourth-order valence-electron chi connectivity index (χ4n) is 5.54. The standard InChI is InChI=1S/C22H28N6O/c1-3-27-15-23-24-20(27)17-13-28(14-22(17)11-7-4-8-12-22)21(29)19-16-9-5-6-10-18(16)26(2)25-19/h5-6,9-10,15,17H,3-4,7-8,11-14H2,1-2H3. The average Bonchev–Trinajstić information content (AvgIpc) is 3.44. The van der Waals surface area contributed by atoms with E-state index in [4.69, 9.17) is 0 Å².